The van der Waals surface area contributed by atoms with Crippen LogP contribution in [0.4, 0.5) is 0 Å². The van der Waals surface area contributed by atoms with Crippen LogP contribution in [0.25, 0.3) is 0 Å². The largest absolute Gasteiger partial charge is 0.501 e. The van der Waals surface area contributed by atoms with Crippen LogP contribution in [0.3, 0.4) is 0 Å². The second-order valence-electron chi connectivity index (χ2n) is 12.6. The van der Waals surface area contributed by atoms with Gasteiger partial charge in [0.1, 0.15) is 24.4 Å². The summed E-state index contributed by atoms with van der Waals surface area (Å²) in [4.78, 5) is 0. The van der Waals surface area contributed by atoms with E-state index in [0.717, 1.165) is 42.8 Å². The number of hydrogen-bond acceptors (Lipinski definition) is 5. The number of benzene rings is 1. The van der Waals surface area contributed by atoms with E-state index in [9.17, 15) is 0 Å². The van der Waals surface area contributed by atoms with E-state index < -0.39 is 8.32 Å². The summed E-state index contributed by atoms with van der Waals surface area (Å²) in [5.74, 6) is 2.00. The van der Waals surface area contributed by atoms with Crippen LogP contribution in [0.1, 0.15) is 86.6 Å². The first-order valence-corrected chi connectivity index (χ1v) is 17.9. The second-order valence-corrected chi connectivity index (χ2v) is 18.0. The lowest BCUT2D eigenvalue weighted by atomic mass is 9.96. The van der Waals surface area contributed by atoms with Crippen molar-refractivity contribution in [2.45, 2.75) is 110 Å². The average molecular weight is 599 g/mol. The van der Waals surface area contributed by atoms with Gasteiger partial charge in [0.15, 0.2) is 0 Å². The quantitative estimate of drug-likeness (QED) is 0.144. The number of allylic oxidation sites excluding steroid dienone is 5. The Kier molecular flexibility index (Phi) is 15.7. The fraction of sp³-hybridized carbons (Fsp3) is 0.611. The normalized spacial score (nSPS) is 23.9. The van der Waals surface area contributed by atoms with Gasteiger partial charge >= 0.3 is 0 Å². The first-order chi connectivity index (χ1) is 20.0. The Hall–Kier alpha value is -2.28. The monoisotopic (exact) mass is 598 g/mol. The fourth-order valence-corrected chi connectivity index (χ4v) is 11.9. The molecule has 0 aromatic heterocycles. The maximum absolute atomic E-state index is 7.39. The molecular formula is C36H58O5Si. The number of ether oxygens (including phenoxy) is 4. The number of hydrogen-bond donors (Lipinski definition) is 0. The van der Waals surface area contributed by atoms with Crippen molar-refractivity contribution in [3.63, 3.8) is 0 Å². The molecule has 0 spiro atoms. The maximum atomic E-state index is 7.39. The van der Waals surface area contributed by atoms with Crippen LogP contribution in [0.15, 0.2) is 71.7 Å². The molecule has 0 unspecified atom stereocenters. The molecule has 1 aliphatic rings. The van der Waals surface area contributed by atoms with Gasteiger partial charge in [0.2, 0.25) is 8.32 Å². The highest BCUT2D eigenvalue weighted by molar-refractivity contribution is 6.77. The van der Waals surface area contributed by atoms with Gasteiger partial charge < -0.3 is 23.4 Å². The predicted octanol–water partition coefficient (Wildman–Crippen LogP) is 9.92. The lowest BCUT2D eigenvalue weighted by Gasteiger charge is -2.45. The summed E-state index contributed by atoms with van der Waals surface area (Å²) in [6, 6.07) is 8.03. The third-order valence-electron chi connectivity index (χ3n) is 8.66. The van der Waals surface area contributed by atoms with Gasteiger partial charge in [0.25, 0.3) is 0 Å². The summed E-state index contributed by atoms with van der Waals surface area (Å²) >= 11 is 0. The fourth-order valence-electron chi connectivity index (χ4n) is 6.18. The van der Waals surface area contributed by atoms with Crippen LogP contribution in [-0.4, -0.2) is 41.9 Å². The van der Waals surface area contributed by atoms with Gasteiger partial charge in [-0.25, -0.2) is 0 Å². The zero-order valence-electron chi connectivity index (χ0n) is 28.1. The van der Waals surface area contributed by atoms with E-state index >= 15 is 0 Å². The molecule has 1 aliphatic heterocycles. The lowest BCUT2D eigenvalue weighted by Crippen LogP contribution is -2.51. The molecule has 5 nitrogen and oxygen atoms in total. The third-order valence-corrected chi connectivity index (χ3v) is 14.8. The molecule has 6 heteroatoms. The minimum atomic E-state index is -2.04. The highest BCUT2D eigenvalue weighted by Gasteiger charge is 2.47. The molecule has 0 aliphatic carbocycles. The molecule has 0 amide bonds. The van der Waals surface area contributed by atoms with Crippen molar-refractivity contribution in [1.82, 2.24) is 0 Å². The van der Waals surface area contributed by atoms with E-state index in [2.05, 4.69) is 79.7 Å². The first-order valence-electron chi connectivity index (χ1n) is 15.8. The Morgan fingerprint density at radius 3 is 2.19 bits per heavy atom. The average Bonchev–Trinajstić information content (AvgIpc) is 2.95. The topological polar surface area (TPSA) is 46.2 Å². The second kappa shape index (κ2) is 18.4. The molecule has 1 aromatic rings. The SMILES string of the molecule is CO/C=C1\CC/C=C\C=C\[C@H](C)[C@@H](O[Si](C(C)C)(C(C)C)C(C)C)CC/C(C)=C(/COCc2ccc(OC)cc2)CO1. The zero-order chi connectivity index (χ0) is 31.1. The van der Waals surface area contributed by atoms with Crippen molar-refractivity contribution >= 4 is 8.32 Å². The van der Waals surface area contributed by atoms with Crippen molar-refractivity contribution in [1.29, 1.82) is 0 Å². The Bertz CT molecular complexity index is 1010. The molecule has 0 radical (unpaired) electrons. The molecule has 236 valence electrons. The maximum Gasteiger partial charge on any atom is 0.200 e. The van der Waals surface area contributed by atoms with Gasteiger partial charge in [-0.3, -0.25) is 0 Å². The molecule has 42 heavy (non-hydrogen) atoms. The smallest absolute Gasteiger partial charge is 0.200 e. The molecule has 1 aromatic carbocycles. The zero-order valence-corrected chi connectivity index (χ0v) is 29.1. The number of methoxy groups -OCH3 is 2. The van der Waals surface area contributed by atoms with Gasteiger partial charge in [-0.2, -0.15) is 0 Å². The third kappa shape index (κ3) is 10.8. The summed E-state index contributed by atoms with van der Waals surface area (Å²) in [6.07, 6.45) is 14.3. The summed E-state index contributed by atoms with van der Waals surface area (Å²) < 4.78 is 30.6. The van der Waals surface area contributed by atoms with Gasteiger partial charge in [-0.05, 0) is 72.0 Å². The molecule has 1 heterocycles. The highest BCUT2D eigenvalue weighted by Crippen LogP contribution is 2.44. The van der Waals surface area contributed by atoms with E-state index in [-0.39, 0.29) is 6.10 Å². The predicted molar refractivity (Wildman–Crippen MR) is 178 cm³/mol. The van der Waals surface area contributed by atoms with Crippen LogP contribution in [0.2, 0.25) is 16.6 Å². The van der Waals surface area contributed by atoms with E-state index in [1.54, 1.807) is 20.5 Å². The molecular weight excluding hydrogens is 540 g/mol. The van der Waals surface area contributed by atoms with Gasteiger partial charge in [-0.1, -0.05) is 90.5 Å². The van der Waals surface area contributed by atoms with Crippen LogP contribution < -0.4 is 4.74 Å². The summed E-state index contributed by atoms with van der Waals surface area (Å²) in [5, 5.41) is 0. The van der Waals surface area contributed by atoms with E-state index in [4.69, 9.17) is 23.4 Å². The van der Waals surface area contributed by atoms with Crippen LogP contribution >= 0.6 is 0 Å². The van der Waals surface area contributed by atoms with E-state index in [1.807, 2.05) is 24.3 Å². The van der Waals surface area contributed by atoms with E-state index in [0.29, 0.717) is 42.4 Å². The summed E-state index contributed by atoms with van der Waals surface area (Å²) in [6.45, 7) is 20.3. The van der Waals surface area contributed by atoms with Crippen molar-refractivity contribution < 1.29 is 23.4 Å². The minimum absolute atomic E-state index is 0.153. The van der Waals surface area contributed by atoms with Crippen molar-refractivity contribution in [2.24, 2.45) is 5.92 Å². The molecule has 2 atom stereocenters. The highest BCUT2D eigenvalue weighted by atomic mass is 28.4. The summed E-state index contributed by atoms with van der Waals surface area (Å²) in [5.41, 5.74) is 5.24. The molecule has 0 saturated carbocycles. The van der Waals surface area contributed by atoms with Crippen LogP contribution in [0, 0.1) is 5.92 Å². The van der Waals surface area contributed by atoms with Crippen molar-refractivity contribution in [3.8, 4) is 5.75 Å². The lowest BCUT2D eigenvalue weighted by molar-refractivity contribution is 0.122. The number of rotatable bonds is 11. The Morgan fingerprint density at radius 2 is 1.60 bits per heavy atom. The van der Waals surface area contributed by atoms with Crippen molar-refractivity contribution in [2.75, 3.05) is 27.4 Å². The molecule has 2 rings (SSSR count). The van der Waals surface area contributed by atoms with Crippen molar-refractivity contribution in [3.05, 3.63) is 77.3 Å². The Balaban J connectivity index is 2.35. The van der Waals surface area contributed by atoms with Crippen LogP contribution in [-0.2, 0) is 25.2 Å². The summed E-state index contributed by atoms with van der Waals surface area (Å²) in [7, 11) is 1.31. The Morgan fingerprint density at radius 1 is 0.929 bits per heavy atom. The van der Waals surface area contributed by atoms with E-state index in [1.165, 1.54) is 11.1 Å². The minimum Gasteiger partial charge on any atom is -0.501 e. The molecule has 0 fully saturated rings. The van der Waals surface area contributed by atoms with Crippen LogP contribution in [0.5, 0.6) is 5.75 Å². The van der Waals surface area contributed by atoms with Gasteiger partial charge in [0.05, 0.1) is 33.5 Å². The standard InChI is InChI=1S/C36H58O5Si/c1-27(2)42(28(3)4,29(5)6)41-36-22-17-30(7)33(24-39-23-32-18-20-34(38-10)21-19-32)25-40-35(26-37-9)16-14-12-11-13-15-31(36)8/h11-13,15,18-21,26-29,31,36H,14,16-17,22-25H2,1-10H3/b12-11-,15-13+,33-30-,35-26+/t31-,36-/m0/s1. The van der Waals surface area contributed by atoms with Gasteiger partial charge in [0, 0.05) is 6.42 Å². The molecule has 0 bridgehead atoms. The first kappa shape index (κ1) is 35.9. The Labute approximate surface area is 258 Å². The van der Waals surface area contributed by atoms with Gasteiger partial charge in [-0.15, -0.1) is 0 Å². The molecule has 0 N–H and O–H groups in total. The molecule has 0 saturated heterocycles.